The Labute approximate surface area is 137 Å². The van der Waals surface area contributed by atoms with Crippen molar-refractivity contribution in [2.45, 2.75) is 9.96 Å². The molecule has 0 saturated carbocycles. The smallest absolute Gasteiger partial charge is 0.252 e. The van der Waals surface area contributed by atoms with Crippen LogP contribution in [0.25, 0.3) is 0 Å². The summed E-state index contributed by atoms with van der Waals surface area (Å²) in [5, 5.41) is 2.68. The largest absolute Gasteiger partial charge is 0.379 e. The number of morpholine rings is 1. The Morgan fingerprint density at radius 3 is 2.33 bits per heavy atom. The van der Waals surface area contributed by atoms with E-state index in [1.165, 1.54) is 24.3 Å². The fraction of sp³-hybridized carbons (Fsp3) is 0.462. The van der Waals surface area contributed by atoms with Crippen molar-refractivity contribution in [2.75, 3.05) is 26.3 Å². The second kappa shape index (κ2) is 7.11. The molecule has 1 aromatic carbocycles. The first-order valence-electron chi connectivity index (χ1n) is 6.33. The van der Waals surface area contributed by atoms with E-state index in [0.717, 1.165) is 0 Å². The molecule has 2 rings (SSSR count). The molecule has 0 unspecified atom stereocenters. The molecule has 1 heterocycles. The molecule has 1 aliphatic rings. The van der Waals surface area contributed by atoms with Crippen molar-refractivity contribution in [1.82, 2.24) is 10.2 Å². The normalized spacial score (nSPS) is 18.3. The highest BCUT2D eigenvalue weighted by Gasteiger charge is 2.39. The van der Waals surface area contributed by atoms with Crippen LogP contribution in [-0.4, -0.2) is 47.1 Å². The first kappa shape index (κ1) is 16.8. The number of halogens is 4. The lowest BCUT2D eigenvalue weighted by Gasteiger charge is -2.38. The van der Waals surface area contributed by atoms with Crippen molar-refractivity contribution in [1.29, 1.82) is 0 Å². The third-order valence-electron chi connectivity index (χ3n) is 3.10. The number of hydrogen-bond acceptors (Lipinski definition) is 3. The number of carbonyl (C=O) groups excluding carboxylic acids is 1. The van der Waals surface area contributed by atoms with Crippen LogP contribution in [0.5, 0.6) is 0 Å². The maximum absolute atomic E-state index is 12.9. The Kier molecular flexibility index (Phi) is 5.68. The molecule has 1 N–H and O–H groups in total. The lowest BCUT2D eigenvalue weighted by molar-refractivity contribution is 0.00996. The minimum Gasteiger partial charge on any atom is -0.379 e. The quantitative estimate of drug-likeness (QED) is 0.848. The number of carbonyl (C=O) groups is 1. The molecule has 116 valence electrons. The first-order valence-corrected chi connectivity index (χ1v) is 7.46. The number of nitrogens with one attached hydrogen (secondary N) is 1. The molecule has 1 atom stereocenters. The molecule has 0 radical (unpaired) electrons. The molecule has 1 aromatic rings. The molecule has 0 aliphatic carbocycles. The third-order valence-corrected chi connectivity index (χ3v) is 3.72. The standard InChI is InChI=1S/C13H14Cl3FN2O2/c14-13(15,16)12(19-5-7-21-8-6-19)18-11(20)9-1-3-10(17)4-2-9/h1-4,12H,5-8H2,(H,18,20)/t12-/m1/s1. The van der Waals surface area contributed by atoms with Crippen LogP contribution in [0.3, 0.4) is 0 Å². The maximum Gasteiger partial charge on any atom is 0.252 e. The van der Waals surface area contributed by atoms with Crippen LogP contribution in [0, 0.1) is 5.82 Å². The highest BCUT2D eigenvalue weighted by molar-refractivity contribution is 6.68. The number of nitrogens with zero attached hydrogens (tertiary/aromatic N) is 1. The second-order valence-electron chi connectivity index (χ2n) is 4.57. The molecule has 1 fully saturated rings. The molecule has 4 nitrogen and oxygen atoms in total. The fourth-order valence-electron chi connectivity index (χ4n) is 2.02. The lowest BCUT2D eigenvalue weighted by atomic mass is 10.2. The lowest BCUT2D eigenvalue weighted by Crippen LogP contribution is -2.58. The Bertz CT molecular complexity index is 487. The van der Waals surface area contributed by atoms with Crippen LogP contribution in [0.1, 0.15) is 10.4 Å². The van der Waals surface area contributed by atoms with Crippen LogP contribution in [0.2, 0.25) is 0 Å². The zero-order valence-electron chi connectivity index (χ0n) is 11.0. The molecule has 0 bridgehead atoms. The summed E-state index contributed by atoms with van der Waals surface area (Å²) < 4.78 is 16.4. The fourth-order valence-corrected chi connectivity index (χ4v) is 2.60. The average Bonchev–Trinajstić information content (AvgIpc) is 2.45. The van der Waals surface area contributed by atoms with Crippen LogP contribution in [0.4, 0.5) is 4.39 Å². The third kappa shape index (κ3) is 4.69. The van der Waals surface area contributed by atoms with Gasteiger partial charge in [-0.05, 0) is 24.3 Å². The molecule has 1 aliphatic heterocycles. The minimum absolute atomic E-state index is 0.295. The number of amides is 1. The van der Waals surface area contributed by atoms with E-state index >= 15 is 0 Å². The number of hydrogen-bond donors (Lipinski definition) is 1. The molecule has 0 spiro atoms. The Morgan fingerprint density at radius 2 is 1.81 bits per heavy atom. The number of ether oxygens (including phenoxy) is 1. The van der Waals surface area contributed by atoms with Gasteiger partial charge in [0.1, 0.15) is 12.0 Å². The molecule has 21 heavy (non-hydrogen) atoms. The van der Waals surface area contributed by atoms with Gasteiger partial charge in [-0.2, -0.15) is 0 Å². The van der Waals surface area contributed by atoms with Gasteiger partial charge in [0.2, 0.25) is 3.79 Å². The van der Waals surface area contributed by atoms with Crippen LogP contribution in [-0.2, 0) is 4.74 Å². The summed E-state index contributed by atoms with van der Waals surface area (Å²) in [4.78, 5) is 14.0. The minimum atomic E-state index is -1.69. The summed E-state index contributed by atoms with van der Waals surface area (Å²) in [6.45, 7) is 2.10. The predicted octanol–water partition coefficient (Wildman–Crippen LogP) is 2.58. The Hall–Kier alpha value is -0.590. The molecule has 0 aromatic heterocycles. The van der Waals surface area contributed by atoms with Gasteiger partial charge in [0.25, 0.3) is 5.91 Å². The maximum atomic E-state index is 12.9. The zero-order chi connectivity index (χ0) is 15.5. The summed E-state index contributed by atoms with van der Waals surface area (Å²) in [5.41, 5.74) is 0.295. The van der Waals surface area contributed by atoms with Crippen LogP contribution >= 0.6 is 34.8 Å². The molecule has 1 saturated heterocycles. The molecule has 1 amide bonds. The van der Waals surface area contributed by atoms with Gasteiger partial charge < -0.3 is 10.1 Å². The van der Waals surface area contributed by atoms with Gasteiger partial charge in [-0.25, -0.2) is 4.39 Å². The van der Waals surface area contributed by atoms with Gasteiger partial charge in [0.15, 0.2) is 0 Å². The topological polar surface area (TPSA) is 41.6 Å². The second-order valence-corrected chi connectivity index (χ2v) is 6.94. The van der Waals surface area contributed by atoms with Gasteiger partial charge in [-0.15, -0.1) is 0 Å². The number of benzene rings is 1. The summed E-state index contributed by atoms with van der Waals surface area (Å²) in [6, 6.07) is 5.15. The van der Waals surface area contributed by atoms with Crippen LogP contribution in [0.15, 0.2) is 24.3 Å². The van der Waals surface area contributed by atoms with Crippen molar-refractivity contribution in [2.24, 2.45) is 0 Å². The van der Waals surface area contributed by atoms with E-state index in [4.69, 9.17) is 39.5 Å². The summed E-state index contributed by atoms with van der Waals surface area (Å²) in [7, 11) is 0. The van der Waals surface area contributed by atoms with Gasteiger partial charge in [0, 0.05) is 18.7 Å². The highest BCUT2D eigenvalue weighted by atomic mass is 35.6. The van der Waals surface area contributed by atoms with Crippen molar-refractivity contribution in [3.05, 3.63) is 35.6 Å². The average molecular weight is 356 g/mol. The van der Waals surface area contributed by atoms with Crippen molar-refractivity contribution in [3.63, 3.8) is 0 Å². The van der Waals surface area contributed by atoms with Crippen LogP contribution < -0.4 is 5.32 Å². The van der Waals surface area contributed by atoms with E-state index in [-0.39, 0.29) is 0 Å². The summed E-state index contributed by atoms with van der Waals surface area (Å²) in [5.74, 6) is -0.851. The van der Waals surface area contributed by atoms with Crippen molar-refractivity contribution in [3.8, 4) is 0 Å². The number of rotatable bonds is 3. The Morgan fingerprint density at radius 1 is 1.24 bits per heavy atom. The van der Waals surface area contributed by atoms with Gasteiger partial charge >= 0.3 is 0 Å². The molecular formula is C13H14Cl3FN2O2. The van der Waals surface area contributed by atoms with Gasteiger partial charge in [0.05, 0.1) is 13.2 Å². The predicted molar refractivity (Wildman–Crippen MR) is 80.3 cm³/mol. The summed E-state index contributed by atoms with van der Waals surface area (Å²) >= 11 is 17.9. The monoisotopic (exact) mass is 354 g/mol. The number of alkyl halides is 3. The highest BCUT2D eigenvalue weighted by Crippen LogP contribution is 2.32. The first-order chi connectivity index (χ1) is 9.88. The van der Waals surface area contributed by atoms with E-state index in [1.54, 1.807) is 0 Å². The van der Waals surface area contributed by atoms with E-state index in [0.29, 0.717) is 31.9 Å². The summed E-state index contributed by atoms with van der Waals surface area (Å²) in [6.07, 6.45) is -0.788. The molecular weight excluding hydrogens is 342 g/mol. The zero-order valence-corrected chi connectivity index (χ0v) is 13.3. The van der Waals surface area contributed by atoms with Crippen molar-refractivity contribution < 1.29 is 13.9 Å². The van der Waals surface area contributed by atoms with E-state index in [9.17, 15) is 9.18 Å². The van der Waals surface area contributed by atoms with Crippen molar-refractivity contribution >= 4 is 40.7 Å². The van der Waals surface area contributed by atoms with E-state index in [1.807, 2.05) is 4.90 Å². The van der Waals surface area contributed by atoms with Gasteiger partial charge in [-0.3, -0.25) is 9.69 Å². The molecule has 8 heteroatoms. The van der Waals surface area contributed by atoms with E-state index < -0.39 is 21.7 Å². The van der Waals surface area contributed by atoms with Gasteiger partial charge in [-0.1, -0.05) is 34.8 Å². The SMILES string of the molecule is O=C(N[C@H](N1CCOCC1)C(Cl)(Cl)Cl)c1ccc(F)cc1. The Balaban J connectivity index is 2.10. The van der Waals surface area contributed by atoms with E-state index in [2.05, 4.69) is 5.32 Å².